The Labute approximate surface area is 217 Å². The first-order chi connectivity index (χ1) is 17.7. The Morgan fingerprint density at radius 1 is 0.889 bits per heavy atom. The molecule has 36 heavy (non-hydrogen) atoms. The molecule has 3 aromatic carbocycles. The minimum Gasteiger partial charge on any atom is -0.492 e. The second kappa shape index (κ2) is 11.9. The topological polar surface area (TPSA) is 68.0 Å². The van der Waals surface area contributed by atoms with Gasteiger partial charge in [0.25, 0.3) is 0 Å². The van der Waals surface area contributed by atoms with Crippen molar-refractivity contribution in [3.8, 4) is 21.9 Å². The summed E-state index contributed by atoms with van der Waals surface area (Å²) in [5, 5.41) is 10.4. The first kappa shape index (κ1) is 24.8. The third kappa shape index (κ3) is 6.08. The van der Waals surface area contributed by atoms with Crippen LogP contribution in [0.3, 0.4) is 0 Å². The third-order valence-electron chi connectivity index (χ3n) is 6.69. The zero-order chi connectivity index (χ0) is 24.7. The number of hydrogen-bond acceptors (Lipinski definition) is 6. The Hall–Kier alpha value is -2.90. The molecular weight excluding hydrogens is 468 g/mol. The van der Waals surface area contributed by atoms with Crippen LogP contribution in [0.5, 0.6) is 11.5 Å². The maximum atomic E-state index is 9.11. The lowest BCUT2D eigenvalue weighted by Gasteiger charge is -2.15. The van der Waals surface area contributed by atoms with Crippen LogP contribution in [-0.2, 0) is 6.42 Å². The number of nitrogens with zero attached hydrogens (tertiary/aromatic N) is 1. The third-order valence-corrected chi connectivity index (χ3v) is 7.95. The molecule has 1 aliphatic rings. The minimum atomic E-state index is -0.374. The lowest BCUT2D eigenvalue weighted by atomic mass is 9.99. The van der Waals surface area contributed by atoms with Crippen LogP contribution < -0.4 is 15.2 Å². The zero-order valence-corrected chi connectivity index (χ0v) is 21.4. The van der Waals surface area contributed by atoms with Crippen LogP contribution in [0.2, 0.25) is 0 Å². The maximum Gasteiger partial charge on any atom is 0.119 e. The molecule has 6 heteroatoms. The highest BCUT2D eigenvalue weighted by molar-refractivity contribution is 7.22. The van der Waals surface area contributed by atoms with Crippen molar-refractivity contribution >= 4 is 21.4 Å². The quantitative estimate of drug-likeness (QED) is 0.290. The van der Waals surface area contributed by atoms with E-state index in [2.05, 4.69) is 65.6 Å². The molecule has 0 saturated carbocycles. The summed E-state index contributed by atoms with van der Waals surface area (Å²) in [5.74, 6) is 1.69. The van der Waals surface area contributed by atoms with E-state index in [0.717, 1.165) is 31.1 Å². The summed E-state index contributed by atoms with van der Waals surface area (Å²) in [6.45, 7) is 4.35. The van der Waals surface area contributed by atoms with Crippen molar-refractivity contribution in [1.29, 1.82) is 0 Å². The van der Waals surface area contributed by atoms with Crippen LogP contribution in [0.25, 0.3) is 20.5 Å². The molecule has 1 aliphatic heterocycles. The summed E-state index contributed by atoms with van der Waals surface area (Å²) in [6, 6.07) is 25.0. The molecule has 1 aromatic heterocycles. The van der Waals surface area contributed by atoms with Crippen LogP contribution in [-0.4, -0.2) is 55.5 Å². The molecule has 0 amide bonds. The number of ether oxygens (including phenoxy) is 2. The predicted molar refractivity (Wildman–Crippen MR) is 148 cm³/mol. The molecule has 1 atom stereocenters. The molecule has 5 nitrogen and oxygen atoms in total. The Bertz CT molecular complexity index is 1250. The number of hydrogen-bond donors (Lipinski definition) is 2. The first-order valence-corrected chi connectivity index (χ1v) is 13.6. The van der Waals surface area contributed by atoms with Crippen LogP contribution in [0.4, 0.5) is 0 Å². The number of likely N-dealkylation sites (tertiary alicyclic amines) is 1. The van der Waals surface area contributed by atoms with E-state index in [1.165, 1.54) is 57.6 Å². The van der Waals surface area contributed by atoms with Gasteiger partial charge in [0, 0.05) is 16.1 Å². The number of fused-ring (bicyclic) bond motifs is 1. The highest BCUT2D eigenvalue weighted by Gasteiger charge is 2.15. The Morgan fingerprint density at radius 3 is 2.33 bits per heavy atom. The molecule has 1 fully saturated rings. The van der Waals surface area contributed by atoms with E-state index in [4.69, 9.17) is 20.3 Å². The number of benzene rings is 3. The van der Waals surface area contributed by atoms with E-state index in [1.807, 2.05) is 23.5 Å². The number of aliphatic hydroxyl groups excluding tert-OH is 1. The van der Waals surface area contributed by atoms with E-state index in [0.29, 0.717) is 6.61 Å². The van der Waals surface area contributed by atoms with Crippen molar-refractivity contribution in [3.05, 3.63) is 83.9 Å². The van der Waals surface area contributed by atoms with E-state index in [-0.39, 0.29) is 12.6 Å². The minimum absolute atomic E-state index is 0.0884. The lowest BCUT2D eigenvalue weighted by molar-refractivity contribution is 0.206. The monoisotopic (exact) mass is 502 g/mol. The molecule has 0 bridgehead atoms. The van der Waals surface area contributed by atoms with Crippen LogP contribution in [0.1, 0.15) is 24.0 Å². The molecule has 2 heterocycles. The van der Waals surface area contributed by atoms with Gasteiger partial charge in [-0.3, -0.25) is 4.90 Å². The molecule has 1 saturated heterocycles. The standard InChI is InChI=1S/C30H34N2O3S/c31-24(20-33)21-35-26-13-9-23(10-14-26)30-28(27-5-1-2-6-29(27)36-30)19-22-7-11-25(12-8-22)34-18-17-32-15-3-4-16-32/h1-2,5-14,24,33H,3-4,15-21,31H2/t24-/m1/s1. The van der Waals surface area contributed by atoms with Crippen LogP contribution in [0, 0.1) is 0 Å². The van der Waals surface area contributed by atoms with E-state index in [1.54, 1.807) is 0 Å². The zero-order valence-electron chi connectivity index (χ0n) is 20.6. The highest BCUT2D eigenvalue weighted by Crippen LogP contribution is 2.40. The predicted octanol–water partition coefficient (Wildman–Crippen LogP) is 5.33. The number of thiophene rings is 1. The average molecular weight is 503 g/mol. The van der Waals surface area contributed by atoms with Gasteiger partial charge >= 0.3 is 0 Å². The Kier molecular flexibility index (Phi) is 8.18. The molecule has 0 radical (unpaired) electrons. The van der Waals surface area contributed by atoms with Gasteiger partial charge in [-0.1, -0.05) is 30.3 Å². The molecule has 3 N–H and O–H groups in total. The van der Waals surface area contributed by atoms with Crippen molar-refractivity contribution in [1.82, 2.24) is 4.90 Å². The first-order valence-electron chi connectivity index (χ1n) is 12.7. The summed E-state index contributed by atoms with van der Waals surface area (Å²) in [5.41, 5.74) is 9.54. The van der Waals surface area contributed by atoms with Crippen molar-refractivity contribution in [2.45, 2.75) is 25.3 Å². The summed E-state index contributed by atoms with van der Waals surface area (Å²) in [6.07, 6.45) is 3.48. The normalized spacial score (nSPS) is 14.8. The van der Waals surface area contributed by atoms with Crippen molar-refractivity contribution in [2.75, 3.05) is 39.5 Å². The van der Waals surface area contributed by atoms with Crippen molar-refractivity contribution in [3.63, 3.8) is 0 Å². The Morgan fingerprint density at radius 2 is 1.58 bits per heavy atom. The molecule has 188 valence electrons. The molecule has 0 spiro atoms. The van der Waals surface area contributed by atoms with Crippen molar-refractivity contribution < 1.29 is 14.6 Å². The number of nitrogens with two attached hydrogens (primary N) is 1. The average Bonchev–Trinajstić information content (AvgIpc) is 3.57. The van der Waals surface area contributed by atoms with Gasteiger partial charge in [-0.05, 0) is 96.9 Å². The van der Waals surface area contributed by atoms with E-state index < -0.39 is 0 Å². The largest absolute Gasteiger partial charge is 0.492 e. The summed E-state index contributed by atoms with van der Waals surface area (Å²) in [4.78, 5) is 3.75. The Balaban J connectivity index is 1.30. The lowest BCUT2D eigenvalue weighted by Crippen LogP contribution is -2.31. The second-order valence-corrected chi connectivity index (χ2v) is 10.5. The fourth-order valence-corrected chi connectivity index (χ4v) is 5.90. The number of aliphatic hydroxyl groups is 1. The van der Waals surface area contributed by atoms with E-state index in [9.17, 15) is 0 Å². The highest BCUT2D eigenvalue weighted by atomic mass is 32.1. The van der Waals surface area contributed by atoms with Gasteiger partial charge < -0.3 is 20.3 Å². The second-order valence-electron chi connectivity index (χ2n) is 9.40. The smallest absolute Gasteiger partial charge is 0.119 e. The van der Waals surface area contributed by atoms with Gasteiger partial charge in [0.2, 0.25) is 0 Å². The van der Waals surface area contributed by atoms with Gasteiger partial charge in [-0.25, -0.2) is 0 Å². The SMILES string of the molecule is N[C@H](CO)COc1ccc(-c2sc3ccccc3c2Cc2ccc(OCCN3CCCC3)cc2)cc1. The molecule has 0 unspecified atom stereocenters. The fraction of sp³-hybridized carbons (Fsp3) is 0.333. The van der Waals surface area contributed by atoms with Crippen LogP contribution >= 0.6 is 11.3 Å². The molecule has 0 aliphatic carbocycles. The van der Waals surface area contributed by atoms with Gasteiger partial charge in [-0.15, -0.1) is 11.3 Å². The number of rotatable bonds is 11. The van der Waals surface area contributed by atoms with Gasteiger partial charge in [0.05, 0.1) is 12.6 Å². The molecule has 5 rings (SSSR count). The fourth-order valence-electron chi connectivity index (χ4n) is 4.67. The summed E-state index contributed by atoms with van der Waals surface area (Å²) < 4.78 is 13.0. The summed E-state index contributed by atoms with van der Waals surface area (Å²) >= 11 is 1.83. The van der Waals surface area contributed by atoms with Gasteiger partial charge in [0.15, 0.2) is 0 Å². The molecular formula is C30H34N2O3S. The van der Waals surface area contributed by atoms with Gasteiger partial charge in [-0.2, -0.15) is 0 Å². The summed E-state index contributed by atoms with van der Waals surface area (Å²) in [7, 11) is 0. The molecule has 4 aromatic rings. The van der Waals surface area contributed by atoms with Gasteiger partial charge in [0.1, 0.15) is 24.7 Å². The van der Waals surface area contributed by atoms with Crippen molar-refractivity contribution in [2.24, 2.45) is 5.73 Å². The van der Waals surface area contributed by atoms with Crippen LogP contribution in [0.15, 0.2) is 72.8 Å². The van der Waals surface area contributed by atoms with E-state index >= 15 is 0 Å². The maximum absolute atomic E-state index is 9.11.